The second-order valence-electron chi connectivity index (χ2n) is 13.9. The molecule has 0 aromatic heterocycles. The number of hydrogen-bond donors (Lipinski definition) is 0. The first kappa shape index (κ1) is 35.1. The highest BCUT2D eigenvalue weighted by molar-refractivity contribution is 8.29. The summed E-state index contributed by atoms with van der Waals surface area (Å²) in [6.45, 7) is 24.8. The molecule has 4 heteroatoms. The average molecular weight is 547 g/mol. The molecule has 0 aliphatic heterocycles. The van der Waals surface area contributed by atoms with Crippen LogP contribution in [0.25, 0.3) is 0 Å². The quantitative estimate of drug-likeness (QED) is 0.104. The first-order chi connectivity index (χ1) is 15.7. The van der Waals surface area contributed by atoms with E-state index in [2.05, 4.69) is 90.2 Å². The highest BCUT2D eigenvalue weighted by Crippen LogP contribution is 2.44. The van der Waals surface area contributed by atoms with Crippen LogP contribution in [-0.4, -0.2) is 26.0 Å². The van der Waals surface area contributed by atoms with Gasteiger partial charge >= 0.3 is 0 Å². The van der Waals surface area contributed by atoms with Gasteiger partial charge in [-0.05, 0) is 34.4 Å². The van der Waals surface area contributed by atoms with Crippen LogP contribution >= 0.6 is 22.4 Å². The predicted octanol–water partition coefficient (Wildman–Crippen LogP) is 12.7. The third-order valence-corrected chi connectivity index (χ3v) is 27.5. The highest BCUT2D eigenvalue weighted by atomic mass is 32.4. The van der Waals surface area contributed by atoms with Crippen LogP contribution in [0.15, 0.2) is 0 Å². The highest BCUT2D eigenvalue weighted by Gasteiger charge is 2.36. The van der Waals surface area contributed by atoms with Gasteiger partial charge in [-0.15, -0.1) is 0 Å². The Hall–Kier alpha value is 1.13. The predicted molar refractivity (Wildman–Crippen MR) is 173 cm³/mol. The van der Waals surface area contributed by atoms with Crippen LogP contribution < -0.4 is 0 Å². The van der Waals surface area contributed by atoms with Gasteiger partial charge in [0.05, 0.1) is 0 Å². The van der Waals surface area contributed by atoms with Crippen molar-refractivity contribution in [1.29, 1.82) is 0 Å². The third-order valence-electron chi connectivity index (χ3n) is 8.58. The lowest BCUT2D eigenvalue weighted by Crippen LogP contribution is -2.33. The fraction of sp³-hybridized carbons (Fsp3) is 1.00. The molecule has 34 heavy (non-hydrogen) atoms. The first-order valence-electron chi connectivity index (χ1n) is 15.0. The molecule has 0 rings (SSSR count). The Morgan fingerprint density at radius 2 is 0.529 bits per heavy atom. The minimum absolute atomic E-state index is 0.529. The van der Waals surface area contributed by atoms with Crippen molar-refractivity contribution in [3.63, 3.8) is 0 Å². The standard InChI is InChI=1S/C30H66S2Si2/c1-29(2,3)33(7,8)31-27-25-23-21-19-17-15-13-11-12-14-16-18-20-22-24-26-28-32-34(9,10)30(4,5)6/h11-28H2,1-10H3. The third kappa shape index (κ3) is 17.6. The zero-order valence-electron chi connectivity index (χ0n) is 25.5. The molecular weight excluding hydrogens is 481 g/mol. The van der Waals surface area contributed by atoms with Gasteiger partial charge in [-0.3, -0.25) is 0 Å². The lowest BCUT2D eigenvalue weighted by molar-refractivity contribution is 0.532. The Morgan fingerprint density at radius 1 is 0.353 bits per heavy atom. The summed E-state index contributed by atoms with van der Waals surface area (Å²) in [6, 6.07) is 0. The summed E-state index contributed by atoms with van der Waals surface area (Å²) >= 11 is 4.63. The molecule has 0 unspecified atom stereocenters. The Balaban J connectivity index is 3.31. The summed E-state index contributed by atoms with van der Waals surface area (Å²) in [5.74, 6) is 2.79. The van der Waals surface area contributed by atoms with E-state index in [0.29, 0.717) is 10.1 Å². The van der Waals surface area contributed by atoms with E-state index in [4.69, 9.17) is 0 Å². The molecule has 0 aromatic rings. The molecule has 0 aliphatic carbocycles. The van der Waals surface area contributed by atoms with Gasteiger partial charge in [-0.1, -0.05) is 158 Å². The molecule has 0 amide bonds. The van der Waals surface area contributed by atoms with Crippen LogP contribution in [0, 0.1) is 0 Å². The first-order valence-corrected chi connectivity index (χ1v) is 24.4. The van der Waals surface area contributed by atoms with Gasteiger partial charge in [0.25, 0.3) is 0 Å². The molecule has 0 bridgehead atoms. The van der Waals surface area contributed by atoms with Gasteiger partial charge in [-0.2, -0.15) is 22.4 Å². The van der Waals surface area contributed by atoms with Gasteiger partial charge in [0, 0.05) is 0 Å². The molecule has 0 radical (unpaired) electrons. The molecule has 0 saturated carbocycles. The van der Waals surface area contributed by atoms with Crippen LogP contribution in [0.1, 0.15) is 144 Å². The van der Waals surface area contributed by atoms with E-state index in [1.807, 2.05) is 0 Å². The zero-order chi connectivity index (χ0) is 26.1. The summed E-state index contributed by atoms with van der Waals surface area (Å²) < 4.78 is 0. The van der Waals surface area contributed by atoms with E-state index in [1.165, 1.54) is 114 Å². The molecule has 0 aromatic carbocycles. The molecular formula is C30H66S2Si2. The van der Waals surface area contributed by atoms with Crippen LogP contribution in [0.2, 0.25) is 36.3 Å². The van der Waals surface area contributed by atoms with E-state index < -0.39 is 14.4 Å². The van der Waals surface area contributed by atoms with Crippen molar-refractivity contribution < 1.29 is 0 Å². The van der Waals surface area contributed by atoms with Crippen molar-refractivity contribution >= 4 is 36.9 Å². The van der Waals surface area contributed by atoms with E-state index >= 15 is 0 Å². The van der Waals surface area contributed by atoms with Crippen molar-refractivity contribution in [2.75, 3.05) is 11.5 Å². The van der Waals surface area contributed by atoms with Crippen molar-refractivity contribution in [3.05, 3.63) is 0 Å². The molecule has 0 heterocycles. The average Bonchev–Trinajstić information content (AvgIpc) is 2.70. The zero-order valence-corrected chi connectivity index (χ0v) is 29.2. The van der Waals surface area contributed by atoms with Crippen LogP contribution in [-0.2, 0) is 0 Å². The van der Waals surface area contributed by atoms with Crippen LogP contribution in [0.5, 0.6) is 0 Å². The van der Waals surface area contributed by atoms with E-state index in [-0.39, 0.29) is 0 Å². The number of rotatable bonds is 21. The summed E-state index contributed by atoms with van der Waals surface area (Å²) in [7, 11) is -2.22. The molecule has 0 saturated heterocycles. The molecule has 0 nitrogen and oxygen atoms in total. The summed E-state index contributed by atoms with van der Waals surface area (Å²) in [6.07, 6.45) is 23.5. The van der Waals surface area contributed by atoms with Gasteiger partial charge in [0.2, 0.25) is 0 Å². The Labute approximate surface area is 228 Å². The molecule has 0 aliphatic rings. The van der Waals surface area contributed by atoms with Crippen molar-refractivity contribution in [2.45, 2.75) is 181 Å². The maximum absolute atomic E-state index is 2.55. The number of unbranched alkanes of at least 4 members (excludes halogenated alkanes) is 15. The fourth-order valence-corrected chi connectivity index (χ4v) is 12.9. The maximum atomic E-state index is 2.55. The van der Waals surface area contributed by atoms with Crippen molar-refractivity contribution in [1.82, 2.24) is 0 Å². The van der Waals surface area contributed by atoms with Crippen molar-refractivity contribution in [3.8, 4) is 0 Å². The van der Waals surface area contributed by atoms with Gasteiger partial charge in [0.15, 0.2) is 0 Å². The SMILES string of the molecule is CC(C)(C)[Si](C)(C)SCCCCCCCCCCCCCCCCCCS[Si](C)(C)C(C)(C)C. The van der Waals surface area contributed by atoms with Crippen LogP contribution in [0.4, 0.5) is 0 Å². The normalized spacial score (nSPS) is 13.6. The summed E-state index contributed by atoms with van der Waals surface area (Å²) in [4.78, 5) is 0. The summed E-state index contributed by atoms with van der Waals surface area (Å²) in [5.41, 5.74) is 0. The Kier molecular flexibility index (Phi) is 19.0. The summed E-state index contributed by atoms with van der Waals surface area (Å²) in [5, 5.41) is 1.06. The molecule has 0 fully saturated rings. The largest absolute Gasteiger partial charge is 0.185 e. The lowest BCUT2D eigenvalue weighted by atomic mass is 10.0. The van der Waals surface area contributed by atoms with Crippen LogP contribution in [0.3, 0.4) is 0 Å². The maximum Gasteiger partial charge on any atom is 0.116 e. The van der Waals surface area contributed by atoms with Gasteiger partial charge in [0.1, 0.15) is 14.4 Å². The molecule has 0 N–H and O–H groups in total. The smallest absolute Gasteiger partial charge is 0.116 e. The molecule has 0 atom stereocenters. The Morgan fingerprint density at radius 3 is 0.706 bits per heavy atom. The minimum Gasteiger partial charge on any atom is -0.185 e. The van der Waals surface area contributed by atoms with E-state index in [0.717, 1.165) is 0 Å². The topological polar surface area (TPSA) is 0 Å². The van der Waals surface area contributed by atoms with E-state index in [1.54, 1.807) is 0 Å². The fourth-order valence-electron chi connectivity index (χ4n) is 3.77. The second kappa shape index (κ2) is 18.4. The molecule has 0 spiro atoms. The van der Waals surface area contributed by atoms with E-state index in [9.17, 15) is 0 Å². The van der Waals surface area contributed by atoms with Gasteiger partial charge in [-0.25, -0.2) is 0 Å². The van der Waals surface area contributed by atoms with Gasteiger partial charge < -0.3 is 0 Å². The monoisotopic (exact) mass is 546 g/mol. The Bertz CT molecular complexity index is 431. The van der Waals surface area contributed by atoms with Crippen molar-refractivity contribution in [2.24, 2.45) is 0 Å². The minimum atomic E-state index is -1.11. The lowest BCUT2D eigenvalue weighted by Gasteiger charge is -2.36. The number of hydrogen-bond acceptors (Lipinski definition) is 2. The second-order valence-corrected chi connectivity index (χ2v) is 32.2. The molecule has 206 valence electrons.